The van der Waals surface area contributed by atoms with Crippen LogP contribution in [0.4, 0.5) is 0 Å². The lowest BCUT2D eigenvalue weighted by Crippen LogP contribution is -2.22. The molecule has 0 fully saturated rings. The van der Waals surface area contributed by atoms with Crippen LogP contribution in [0.1, 0.15) is 49.8 Å². The van der Waals surface area contributed by atoms with Crippen molar-refractivity contribution in [3.63, 3.8) is 0 Å². The second kappa shape index (κ2) is 6.06. The molecule has 0 radical (unpaired) electrons. The Bertz CT molecular complexity index is 514. The van der Waals surface area contributed by atoms with Crippen LogP contribution in [0.5, 0.6) is 0 Å². The molecule has 0 aromatic carbocycles. The van der Waals surface area contributed by atoms with Gasteiger partial charge in [-0.15, -0.1) is 0 Å². The smallest absolute Gasteiger partial charge is 0.196 e. The summed E-state index contributed by atoms with van der Waals surface area (Å²) in [4.78, 5) is 6.78. The van der Waals surface area contributed by atoms with Crippen molar-refractivity contribution < 1.29 is 8.83 Å². The second-order valence-electron chi connectivity index (χ2n) is 5.15. The van der Waals surface area contributed by atoms with Crippen LogP contribution in [0.2, 0.25) is 0 Å². The molecule has 4 nitrogen and oxygen atoms in total. The molecule has 0 spiro atoms. The second-order valence-corrected chi connectivity index (χ2v) is 5.15. The Balaban J connectivity index is 1.98. The summed E-state index contributed by atoms with van der Waals surface area (Å²) in [5.74, 6) is 3.08. The lowest BCUT2D eigenvalue weighted by atomic mass is 10.2. The fourth-order valence-electron chi connectivity index (χ4n) is 1.96. The van der Waals surface area contributed by atoms with E-state index in [1.165, 1.54) is 0 Å². The van der Waals surface area contributed by atoms with Crippen LogP contribution in [0.15, 0.2) is 27.2 Å². The van der Waals surface area contributed by atoms with E-state index in [1.54, 1.807) is 6.26 Å². The van der Waals surface area contributed by atoms with E-state index in [4.69, 9.17) is 8.83 Å². The van der Waals surface area contributed by atoms with E-state index in [0.717, 1.165) is 42.7 Å². The molecule has 0 aliphatic rings. The van der Waals surface area contributed by atoms with Crippen LogP contribution in [-0.2, 0) is 13.1 Å². The predicted octanol–water partition coefficient (Wildman–Crippen LogP) is 3.72. The number of hydrogen-bond donors (Lipinski definition) is 0. The first kappa shape index (κ1) is 13.9. The van der Waals surface area contributed by atoms with Crippen molar-refractivity contribution in [1.29, 1.82) is 0 Å². The minimum absolute atomic E-state index is 0.330. The third kappa shape index (κ3) is 3.70. The fraction of sp³-hybridized carbons (Fsp3) is 0.533. The molecule has 4 heteroatoms. The van der Waals surface area contributed by atoms with Gasteiger partial charge in [0.15, 0.2) is 5.89 Å². The van der Waals surface area contributed by atoms with Gasteiger partial charge in [0.05, 0.1) is 12.2 Å². The zero-order chi connectivity index (χ0) is 13.8. The molecule has 0 N–H and O–H groups in total. The topological polar surface area (TPSA) is 42.4 Å². The molecule has 19 heavy (non-hydrogen) atoms. The number of furan rings is 1. The summed E-state index contributed by atoms with van der Waals surface area (Å²) in [5.41, 5.74) is 0.980. The lowest BCUT2D eigenvalue weighted by Gasteiger charge is -2.17. The number of nitrogens with zero attached hydrogens (tertiary/aromatic N) is 2. The van der Waals surface area contributed by atoms with Gasteiger partial charge in [-0.25, -0.2) is 4.98 Å². The van der Waals surface area contributed by atoms with Gasteiger partial charge in [-0.2, -0.15) is 0 Å². The van der Waals surface area contributed by atoms with Crippen molar-refractivity contribution in [1.82, 2.24) is 9.88 Å². The Morgan fingerprint density at radius 1 is 1.26 bits per heavy atom. The maximum Gasteiger partial charge on any atom is 0.196 e. The standard InChI is InChI=1S/C15H22N2O2/c1-5-17(9-14-7-6-12(4)19-14)8-13-10-18-15(16-13)11(2)3/h6-7,10-11H,5,8-9H2,1-4H3. The molecule has 104 valence electrons. The van der Waals surface area contributed by atoms with Crippen molar-refractivity contribution in [3.05, 3.63) is 41.5 Å². The average Bonchev–Trinajstić information content (AvgIpc) is 2.98. The summed E-state index contributed by atoms with van der Waals surface area (Å²) >= 11 is 0. The zero-order valence-corrected chi connectivity index (χ0v) is 12.1. The molecule has 0 atom stereocenters. The van der Waals surface area contributed by atoms with Crippen molar-refractivity contribution >= 4 is 0 Å². The predicted molar refractivity (Wildman–Crippen MR) is 73.8 cm³/mol. The number of hydrogen-bond acceptors (Lipinski definition) is 4. The monoisotopic (exact) mass is 262 g/mol. The fourth-order valence-corrected chi connectivity index (χ4v) is 1.96. The van der Waals surface area contributed by atoms with Crippen LogP contribution in [0, 0.1) is 6.92 Å². The molecule has 0 saturated carbocycles. The van der Waals surface area contributed by atoms with Crippen LogP contribution in [0.25, 0.3) is 0 Å². The molecule has 0 bridgehead atoms. The summed E-state index contributed by atoms with van der Waals surface area (Å²) in [7, 11) is 0. The van der Waals surface area contributed by atoms with E-state index in [2.05, 4.69) is 30.7 Å². The first-order chi connectivity index (χ1) is 9.08. The summed E-state index contributed by atoms with van der Waals surface area (Å²) in [6.07, 6.45) is 1.76. The maximum absolute atomic E-state index is 5.61. The van der Waals surface area contributed by atoms with E-state index in [0.29, 0.717) is 5.92 Å². The van der Waals surface area contributed by atoms with Gasteiger partial charge in [0, 0.05) is 12.5 Å². The Morgan fingerprint density at radius 2 is 2.05 bits per heavy atom. The van der Waals surface area contributed by atoms with Crippen molar-refractivity contribution in [2.75, 3.05) is 6.54 Å². The number of rotatable bonds is 6. The summed E-state index contributed by atoms with van der Waals surface area (Å²) < 4.78 is 11.1. The molecule has 2 heterocycles. The molecule has 2 aromatic heterocycles. The van der Waals surface area contributed by atoms with E-state index in [9.17, 15) is 0 Å². The largest absolute Gasteiger partial charge is 0.465 e. The zero-order valence-electron chi connectivity index (χ0n) is 12.1. The molecular formula is C15H22N2O2. The minimum Gasteiger partial charge on any atom is -0.465 e. The van der Waals surface area contributed by atoms with Gasteiger partial charge in [-0.1, -0.05) is 20.8 Å². The van der Waals surface area contributed by atoms with Gasteiger partial charge in [0.25, 0.3) is 0 Å². The Kier molecular flexibility index (Phi) is 4.43. The maximum atomic E-state index is 5.61. The molecule has 0 aliphatic heterocycles. The Hall–Kier alpha value is -1.55. The van der Waals surface area contributed by atoms with E-state index in [-0.39, 0.29) is 0 Å². The minimum atomic E-state index is 0.330. The number of aromatic nitrogens is 1. The molecular weight excluding hydrogens is 240 g/mol. The molecule has 0 saturated heterocycles. The van der Waals surface area contributed by atoms with E-state index >= 15 is 0 Å². The van der Waals surface area contributed by atoms with Crippen LogP contribution in [0.3, 0.4) is 0 Å². The number of aryl methyl sites for hydroxylation is 1. The van der Waals surface area contributed by atoms with Crippen molar-refractivity contribution in [2.45, 2.75) is 46.7 Å². The molecule has 2 rings (SSSR count). The molecule has 0 amide bonds. The van der Waals surface area contributed by atoms with Gasteiger partial charge in [-0.05, 0) is 25.6 Å². The van der Waals surface area contributed by atoms with Crippen molar-refractivity contribution in [2.24, 2.45) is 0 Å². The lowest BCUT2D eigenvalue weighted by molar-refractivity contribution is 0.243. The SMILES string of the molecule is CCN(Cc1coc(C(C)C)n1)Cc1ccc(C)o1. The van der Waals surface area contributed by atoms with Crippen LogP contribution >= 0.6 is 0 Å². The summed E-state index contributed by atoms with van der Waals surface area (Å²) in [6, 6.07) is 4.02. The molecule has 2 aromatic rings. The first-order valence-corrected chi connectivity index (χ1v) is 6.80. The third-order valence-electron chi connectivity index (χ3n) is 3.07. The highest BCUT2D eigenvalue weighted by atomic mass is 16.3. The first-order valence-electron chi connectivity index (χ1n) is 6.80. The quantitative estimate of drug-likeness (QED) is 0.795. The normalized spacial score (nSPS) is 11.7. The van der Waals surface area contributed by atoms with Crippen LogP contribution < -0.4 is 0 Å². The third-order valence-corrected chi connectivity index (χ3v) is 3.07. The van der Waals surface area contributed by atoms with E-state index in [1.807, 2.05) is 19.1 Å². The summed E-state index contributed by atoms with van der Waals surface area (Å²) in [5, 5.41) is 0. The highest BCUT2D eigenvalue weighted by molar-refractivity contribution is 5.06. The van der Waals surface area contributed by atoms with Gasteiger partial charge in [0.2, 0.25) is 0 Å². The van der Waals surface area contributed by atoms with Gasteiger partial charge in [0.1, 0.15) is 17.8 Å². The summed E-state index contributed by atoms with van der Waals surface area (Å²) in [6.45, 7) is 10.8. The van der Waals surface area contributed by atoms with Crippen molar-refractivity contribution in [3.8, 4) is 0 Å². The average molecular weight is 262 g/mol. The molecule has 0 unspecified atom stereocenters. The van der Waals surface area contributed by atoms with Crippen LogP contribution in [-0.4, -0.2) is 16.4 Å². The van der Waals surface area contributed by atoms with E-state index < -0.39 is 0 Å². The van der Waals surface area contributed by atoms with Gasteiger partial charge in [-0.3, -0.25) is 4.90 Å². The Labute approximate surface area is 114 Å². The van der Waals surface area contributed by atoms with Gasteiger partial charge >= 0.3 is 0 Å². The number of oxazole rings is 1. The Morgan fingerprint density at radius 3 is 2.58 bits per heavy atom. The molecule has 0 aliphatic carbocycles. The highest BCUT2D eigenvalue weighted by Crippen LogP contribution is 2.16. The highest BCUT2D eigenvalue weighted by Gasteiger charge is 2.12. The van der Waals surface area contributed by atoms with Gasteiger partial charge < -0.3 is 8.83 Å².